The van der Waals surface area contributed by atoms with E-state index >= 15 is 0 Å². The Kier molecular flexibility index (Phi) is 5.39. The van der Waals surface area contributed by atoms with E-state index in [0.717, 1.165) is 29.0 Å². The molecule has 1 N–H and O–H groups in total. The number of nitrogens with one attached hydrogen (secondary N) is 1. The Morgan fingerprint density at radius 3 is 2.74 bits per heavy atom. The normalized spacial score (nSPS) is 21.7. The van der Waals surface area contributed by atoms with E-state index in [9.17, 15) is 0 Å². The van der Waals surface area contributed by atoms with Crippen LogP contribution >= 0.6 is 11.6 Å². The summed E-state index contributed by atoms with van der Waals surface area (Å²) in [5.74, 6) is 0. The average Bonchev–Trinajstić information content (AvgIpc) is 2.57. The molecule has 1 aliphatic rings. The van der Waals surface area contributed by atoms with Crippen molar-refractivity contribution in [3.8, 4) is 0 Å². The summed E-state index contributed by atoms with van der Waals surface area (Å²) in [6.45, 7) is 6.76. The van der Waals surface area contributed by atoms with E-state index < -0.39 is 0 Å². The van der Waals surface area contributed by atoms with Crippen molar-refractivity contribution in [3.63, 3.8) is 0 Å². The van der Waals surface area contributed by atoms with Crippen LogP contribution < -0.4 is 5.32 Å². The maximum atomic E-state index is 6.10. The highest BCUT2D eigenvalue weighted by Crippen LogP contribution is 2.30. The number of halogens is 1. The molecule has 124 valence electrons. The van der Waals surface area contributed by atoms with Crippen LogP contribution in [-0.2, 0) is 0 Å². The first-order valence-corrected chi connectivity index (χ1v) is 9.15. The maximum absolute atomic E-state index is 6.10. The highest BCUT2D eigenvalue weighted by atomic mass is 35.5. The minimum Gasteiger partial charge on any atom is -0.380 e. The van der Waals surface area contributed by atoms with Crippen LogP contribution in [0.1, 0.15) is 39.5 Å². The number of rotatable bonds is 5. The molecule has 2 unspecified atom stereocenters. The van der Waals surface area contributed by atoms with Gasteiger partial charge in [-0.3, -0.25) is 9.88 Å². The predicted octanol–water partition coefficient (Wildman–Crippen LogP) is 4.95. The highest BCUT2D eigenvalue weighted by molar-refractivity contribution is 6.31. The van der Waals surface area contributed by atoms with E-state index in [0.29, 0.717) is 12.1 Å². The first-order chi connectivity index (χ1) is 11.2. The molecule has 1 heterocycles. The van der Waals surface area contributed by atoms with Gasteiger partial charge in [-0.25, -0.2) is 0 Å². The minimum absolute atomic E-state index is 0.505. The molecule has 0 saturated heterocycles. The number of fused-ring (bicyclic) bond motifs is 1. The van der Waals surface area contributed by atoms with Crippen LogP contribution in [0.4, 0.5) is 5.69 Å². The van der Waals surface area contributed by atoms with Crippen LogP contribution in [0.25, 0.3) is 10.9 Å². The lowest BCUT2D eigenvalue weighted by Gasteiger charge is -2.40. The molecule has 0 radical (unpaired) electrons. The summed E-state index contributed by atoms with van der Waals surface area (Å²) in [6.07, 6.45) is 7.04. The number of anilines is 1. The SMILES string of the molecule is CCN(CC)C1CCCCC1Nc1ccnc2cc(Cl)ccc12. The van der Waals surface area contributed by atoms with Gasteiger partial charge >= 0.3 is 0 Å². The molecule has 2 aromatic rings. The van der Waals surface area contributed by atoms with E-state index in [1.165, 1.54) is 31.4 Å². The lowest BCUT2D eigenvalue weighted by atomic mass is 9.88. The second-order valence-electron chi connectivity index (χ2n) is 6.34. The topological polar surface area (TPSA) is 28.2 Å². The van der Waals surface area contributed by atoms with Crippen LogP contribution in [-0.4, -0.2) is 35.1 Å². The van der Waals surface area contributed by atoms with Gasteiger partial charge in [0.1, 0.15) is 0 Å². The average molecular weight is 332 g/mol. The zero-order valence-corrected chi connectivity index (χ0v) is 14.8. The quantitative estimate of drug-likeness (QED) is 0.839. The molecule has 1 aromatic carbocycles. The zero-order valence-electron chi connectivity index (χ0n) is 14.1. The standard InChI is InChI=1S/C19H26ClN3/c1-3-23(4-2)19-8-6-5-7-17(19)22-16-11-12-21-18-13-14(20)9-10-15(16)18/h9-13,17,19H,3-8H2,1-2H3,(H,21,22). The maximum Gasteiger partial charge on any atom is 0.0737 e. The molecule has 4 heteroatoms. The lowest BCUT2D eigenvalue weighted by molar-refractivity contribution is 0.159. The molecule has 0 aliphatic heterocycles. The molecule has 0 spiro atoms. The Balaban J connectivity index is 1.87. The lowest BCUT2D eigenvalue weighted by Crippen LogP contribution is -2.48. The van der Waals surface area contributed by atoms with Crippen LogP contribution in [0.2, 0.25) is 5.02 Å². The van der Waals surface area contributed by atoms with Crippen molar-refractivity contribution < 1.29 is 0 Å². The number of benzene rings is 1. The summed E-state index contributed by atoms with van der Waals surface area (Å²) in [6, 6.07) is 9.16. The molecule has 23 heavy (non-hydrogen) atoms. The monoisotopic (exact) mass is 331 g/mol. The predicted molar refractivity (Wildman–Crippen MR) is 99.3 cm³/mol. The number of hydrogen-bond acceptors (Lipinski definition) is 3. The largest absolute Gasteiger partial charge is 0.380 e. The summed E-state index contributed by atoms with van der Waals surface area (Å²) in [7, 11) is 0. The third-order valence-corrected chi connectivity index (χ3v) is 5.29. The van der Waals surface area contributed by atoms with Gasteiger partial charge in [0.2, 0.25) is 0 Å². The number of aromatic nitrogens is 1. The molecular formula is C19H26ClN3. The Morgan fingerprint density at radius 2 is 1.96 bits per heavy atom. The van der Waals surface area contributed by atoms with E-state index in [2.05, 4.69) is 41.2 Å². The molecule has 1 saturated carbocycles. The number of pyridine rings is 1. The van der Waals surface area contributed by atoms with Gasteiger partial charge in [0.25, 0.3) is 0 Å². The number of hydrogen-bond donors (Lipinski definition) is 1. The Hall–Kier alpha value is -1.32. The van der Waals surface area contributed by atoms with Gasteiger partial charge in [-0.05, 0) is 50.2 Å². The van der Waals surface area contributed by atoms with Gasteiger partial charge < -0.3 is 5.32 Å². The van der Waals surface area contributed by atoms with E-state index in [-0.39, 0.29) is 0 Å². The van der Waals surface area contributed by atoms with Crippen molar-refractivity contribution in [1.29, 1.82) is 0 Å². The fourth-order valence-corrected chi connectivity index (χ4v) is 4.02. The molecule has 1 fully saturated rings. The fraction of sp³-hybridized carbons (Fsp3) is 0.526. The molecule has 1 aromatic heterocycles. The Labute approximate surface area is 144 Å². The van der Waals surface area contributed by atoms with E-state index in [1.807, 2.05) is 18.3 Å². The van der Waals surface area contributed by atoms with Crippen molar-refractivity contribution in [2.24, 2.45) is 0 Å². The van der Waals surface area contributed by atoms with Crippen LogP contribution in [0.5, 0.6) is 0 Å². The van der Waals surface area contributed by atoms with Gasteiger partial charge in [0.15, 0.2) is 0 Å². The van der Waals surface area contributed by atoms with Crippen molar-refractivity contribution in [2.45, 2.75) is 51.6 Å². The Morgan fingerprint density at radius 1 is 1.17 bits per heavy atom. The van der Waals surface area contributed by atoms with E-state index in [4.69, 9.17) is 11.6 Å². The van der Waals surface area contributed by atoms with Crippen LogP contribution in [0.3, 0.4) is 0 Å². The molecule has 1 aliphatic carbocycles. The Bertz CT molecular complexity index is 654. The van der Waals surface area contributed by atoms with Gasteiger partial charge in [-0.1, -0.05) is 38.3 Å². The summed E-state index contributed by atoms with van der Waals surface area (Å²) in [4.78, 5) is 7.04. The molecule has 0 bridgehead atoms. The first-order valence-electron chi connectivity index (χ1n) is 8.77. The third-order valence-electron chi connectivity index (χ3n) is 5.06. The van der Waals surface area contributed by atoms with Crippen LogP contribution in [0.15, 0.2) is 30.5 Å². The smallest absolute Gasteiger partial charge is 0.0737 e. The highest BCUT2D eigenvalue weighted by Gasteiger charge is 2.28. The van der Waals surface area contributed by atoms with Crippen LogP contribution in [0, 0.1) is 0 Å². The van der Waals surface area contributed by atoms with Gasteiger partial charge in [-0.2, -0.15) is 0 Å². The first kappa shape index (κ1) is 16.5. The zero-order chi connectivity index (χ0) is 16.2. The van der Waals surface area contributed by atoms with Gasteiger partial charge in [-0.15, -0.1) is 0 Å². The molecule has 3 nitrogen and oxygen atoms in total. The van der Waals surface area contributed by atoms with Crippen molar-refractivity contribution >= 4 is 28.2 Å². The van der Waals surface area contributed by atoms with Crippen molar-refractivity contribution in [2.75, 3.05) is 18.4 Å². The van der Waals surface area contributed by atoms with Gasteiger partial charge in [0, 0.05) is 34.4 Å². The summed E-state index contributed by atoms with van der Waals surface area (Å²) in [5.41, 5.74) is 2.13. The fourth-order valence-electron chi connectivity index (χ4n) is 3.86. The number of nitrogens with zero attached hydrogens (tertiary/aromatic N) is 2. The third kappa shape index (κ3) is 3.61. The summed E-state index contributed by atoms with van der Waals surface area (Å²) in [5, 5.41) is 5.71. The number of likely N-dealkylation sites (N-methyl/N-ethyl adjacent to an activating group) is 1. The van der Waals surface area contributed by atoms with E-state index in [1.54, 1.807) is 0 Å². The molecular weight excluding hydrogens is 306 g/mol. The molecule has 0 amide bonds. The second-order valence-corrected chi connectivity index (χ2v) is 6.78. The molecule has 3 rings (SSSR count). The molecule has 2 atom stereocenters. The summed E-state index contributed by atoms with van der Waals surface area (Å²) < 4.78 is 0. The van der Waals surface area contributed by atoms with Crippen molar-refractivity contribution in [1.82, 2.24) is 9.88 Å². The summed E-state index contributed by atoms with van der Waals surface area (Å²) >= 11 is 6.10. The van der Waals surface area contributed by atoms with Crippen molar-refractivity contribution in [3.05, 3.63) is 35.5 Å². The second kappa shape index (κ2) is 7.50. The minimum atomic E-state index is 0.505. The van der Waals surface area contributed by atoms with Gasteiger partial charge in [0.05, 0.1) is 5.52 Å².